The van der Waals surface area contributed by atoms with Crippen molar-refractivity contribution in [1.82, 2.24) is 10.3 Å². The Morgan fingerprint density at radius 1 is 1.29 bits per heavy atom. The first-order chi connectivity index (χ1) is 10.2. The Balaban J connectivity index is 1.56. The highest BCUT2D eigenvalue weighted by atomic mass is 32.1. The Morgan fingerprint density at radius 3 is 2.67 bits per heavy atom. The molecule has 0 radical (unpaired) electrons. The largest absolute Gasteiger partial charge is 0.311 e. The molecule has 0 saturated heterocycles. The second-order valence-electron chi connectivity index (χ2n) is 5.96. The van der Waals surface area contributed by atoms with Crippen molar-refractivity contribution in [3.05, 3.63) is 41.2 Å². The standard InChI is InChI=1S/C17H21FN2S/c1-2-17(8-3-9-17)12-19-10-15-11-21-16(20-15)13-4-6-14(18)7-5-13/h4-7,11,19H,2-3,8-10,12H2,1H3. The number of hydrogen-bond donors (Lipinski definition) is 1. The summed E-state index contributed by atoms with van der Waals surface area (Å²) in [5.41, 5.74) is 2.59. The van der Waals surface area contributed by atoms with Gasteiger partial charge in [0.1, 0.15) is 10.8 Å². The molecule has 0 amide bonds. The van der Waals surface area contributed by atoms with Gasteiger partial charge in [-0.05, 0) is 48.9 Å². The average molecular weight is 304 g/mol. The van der Waals surface area contributed by atoms with Gasteiger partial charge in [-0.3, -0.25) is 0 Å². The molecule has 21 heavy (non-hydrogen) atoms. The SMILES string of the molecule is CCC1(CNCc2csc(-c3ccc(F)cc3)n2)CCC1. The fourth-order valence-electron chi connectivity index (χ4n) is 2.90. The fourth-order valence-corrected chi connectivity index (χ4v) is 3.73. The summed E-state index contributed by atoms with van der Waals surface area (Å²) in [6.07, 6.45) is 5.35. The summed E-state index contributed by atoms with van der Waals surface area (Å²) in [7, 11) is 0. The topological polar surface area (TPSA) is 24.9 Å². The van der Waals surface area contributed by atoms with Crippen molar-refractivity contribution < 1.29 is 4.39 Å². The molecule has 1 aliphatic carbocycles. The van der Waals surface area contributed by atoms with Gasteiger partial charge in [0, 0.05) is 24.0 Å². The van der Waals surface area contributed by atoms with Gasteiger partial charge in [-0.1, -0.05) is 13.3 Å². The molecule has 1 aliphatic rings. The van der Waals surface area contributed by atoms with Gasteiger partial charge in [0.2, 0.25) is 0 Å². The molecular weight excluding hydrogens is 283 g/mol. The molecule has 0 atom stereocenters. The number of rotatable bonds is 6. The number of hydrogen-bond acceptors (Lipinski definition) is 3. The van der Waals surface area contributed by atoms with E-state index >= 15 is 0 Å². The van der Waals surface area contributed by atoms with E-state index in [9.17, 15) is 4.39 Å². The van der Waals surface area contributed by atoms with E-state index in [1.807, 2.05) is 0 Å². The lowest BCUT2D eigenvalue weighted by atomic mass is 9.67. The summed E-state index contributed by atoms with van der Waals surface area (Å²) in [5.74, 6) is -0.206. The Labute approximate surface area is 129 Å². The van der Waals surface area contributed by atoms with Crippen LogP contribution in [-0.2, 0) is 6.54 Å². The zero-order valence-electron chi connectivity index (χ0n) is 12.4. The normalized spacial score (nSPS) is 16.7. The van der Waals surface area contributed by atoms with Crippen LogP contribution >= 0.6 is 11.3 Å². The minimum Gasteiger partial charge on any atom is -0.311 e. The lowest BCUT2D eigenvalue weighted by Crippen LogP contribution is -2.39. The predicted molar refractivity (Wildman–Crippen MR) is 85.8 cm³/mol. The summed E-state index contributed by atoms with van der Waals surface area (Å²) in [6, 6.07) is 6.53. The summed E-state index contributed by atoms with van der Waals surface area (Å²) in [6.45, 7) is 4.20. The van der Waals surface area contributed by atoms with E-state index in [4.69, 9.17) is 0 Å². The van der Waals surface area contributed by atoms with Crippen LogP contribution in [0.4, 0.5) is 4.39 Å². The predicted octanol–water partition coefficient (Wildman–Crippen LogP) is 4.62. The zero-order valence-corrected chi connectivity index (χ0v) is 13.2. The smallest absolute Gasteiger partial charge is 0.123 e. The van der Waals surface area contributed by atoms with Crippen molar-refractivity contribution in [2.24, 2.45) is 5.41 Å². The van der Waals surface area contributed by atoms with Gasteiger partial charge in [-0.2, -0.15) is 0 Å². The highest BCUT2D eigenvalue weighted by Crippen LogP contribution is 2.43. The van der Waals surface area contributed by atoms with Gasteiger partial charge in [-0.25, -0.2) is 9.37 Å². The maximum absolute atomic E-state index is 12.9. The van der Waals surface area contributed by atoms with Crippen LogP contribution in [0.1, 0.15) is 38.3 Å². The number of nitrogens with one attached hydrogen (secondary N) is 1. The van der Waals surface area contributed by atoms with Crippen LogP contribution in [0.3, 0.4) is 0 Å². The van der Waals surface area contributed by atoms with Crippen LogP contribution in [0.15, 0.2) is 29.6 Å². The summed E-state index contributed by atoms with van der Waals surface area (Å²) >= 11 is 1.62. The van der Waals surface area contributed by atoms with E-state index in [-0.39, 0.29) is 5.82 Å². The van der Waals surface area contributed by atoms with Crippen LogP contribution in [0.5, 0.6) is 0 Å². The third-order valence-electron chi connectivity index (χ3n) is 4.61. The first kappa shape index (κ1) is 14.7. The first-order valence-electron chi connectivity index (χ1n) is 7.62. The number of nitrogens with zero attached hydrogens (tertiary/aromatic N) is 1. The number of halogens is 1. The Bertz CT molecular complexity index is 582. The van der Waals surface area contributed by atoms with Crippen molar-refractivity contribution in [1.29, 1.82) is 0 Å². The molecule has 0 bridgehead atoms. The molecular formula is C17H21FN2S. The van der Waals surface area contributed by atoms with E-state index in [0.29, 0.717) is 5.41 Å². The molecule has 1 saturated carbocycles. The molecule has 1 fully saturated rings. The van der Waals surface area contributed by atoms with Crippen LogP contribution in [0, 0.1) is 11.2 Å². The lowest BCUT2D eigenvalue weighted by Gasteiger charge is -2.41. The fraction of sp³-hybridized carbons (Fsp3) is 0.471. The highest BCUT2D eigenvalue weighted by molar-refractivity contribution is 7.13. The first-order valence-corrected chi connectivity index (χ1v) is 8.50. The van der Waals surface area contributed by atoms with E-state index in [2.05, 4.69) is 22.6 Å². The van der Waals surface area contributed by atoms with Gasteiger partial charge < -0.3 is 5.32 Å². The second-order valence-corrected chi connectivity index (χ2v) is 6.82. The van der Waals surface area contributed by atoms with Crippen molar-refractivity contribution in [2.75, 3.05) is 6.54 Å². The molecule has 2 nitrogen and oxygen atoms in total. The van der Waals surface area contributed by atoms with Crippen molar-refractivity contribution in [3.63, 3.8) is 0 Å². The van der Waals surface area contributed by atoms with Gasteiger partial charge in [0.25, 0.3) is 0 Å². The molecule has 0 aliphatic heterocycles. The Morgan fingerprint density at radius 2 is 2.05 bits per heavy atom. The van der Waals surface area contributed by atoms with Crippen molar-refractivity contribution in [3.8, 4) is 10.6 Å². The van der Waals surface area contributed by atoms with Crippen molar-refractivity contribution >= 4 is 11.3 Å². The van der Waals surface area contributed by atoms with E-state index < -0.39 is 0 Å². The molecule has 4 heteroatoms. The molecule has 0 unspecified atom stereocenters. The summed E-state index contributed by atoms with van der Waals surface area (Å²) < 4.78 is 12.9. The Kier molecular flexibility index (Phi) is 4.36. The number of benzene rings is 1. The van der Waals surface area contributed by atoms with Crippen LogP contribution < -0.4 is 5.32 Å². The zero-order chi connectivity index (χ0) is 14.7. The monoisotopic (exact) mass is 304 g/mol. The minimum atomic E-state index is -0.206. The molecule has 1 heterocycles. The van der Waals surface area contributed by atoms with Crippen LogP contribution in [0.25, 0.3) is 10.6 Å². The van der Waals surface area contributed by atoms with E-state index in [0.717, 1.165) is 29.4 Å². The third kappa shape index (κ3) is 3.33. The van der Waals surface area contributed by atoms with Crippen LogP contribution in [0.2, 0.25) is 0 Å². The lowest BCUT2D eigenvalue weighted by molar-refractivity contribution is 0.123. The number of aromatic nitrogens is 1. The van der Waals surface area contributed by atoms with Gasteiger partial charge >= 0.3 is 0 Å². The molecule has 1 N–H and O–H groups in total. The quantitative estimate of drug-likeness (QED) is 0.842. The van der Waals surface area contributed by atoms with Gasteiger partial charge in [-0.15, -0.1) is 11.3 Å². The molecule has 3 rings (SSSR count). The molecule has 112 valence electrons. The average Bonchev–Trinajstić information content (AvgIpc) is 2.91. The van der Waals surface area contributed by atoms with E-state index in [1.54, 1.807) is 23.5 Å². The maximum Gasteiger partial charge on any atom is 0.123 e. The highest BCUT2D eigenvalue weighted by Gasteiger charge is 2.34. The summed E-state index contributed by atoms with van der Waals surface area (Å²) in [4.78, 5) is 4.63. The molecule has 0 spiro atoms. The van der Waals surface area contributed by atoms with Crippen molar-refractivity contribution in [2.45, 2.75) is 39.2 Å². The Hall–Kier alpha value is -1.26. The molecule has 1 aromatic carbocycles. The second kappa shape index (κ2) is 6.24. The van der Waals surface area contributed by atoms with Gasteiger partial charge in [0.05, 0.1) is 5.69 Å². The molecule has 2 aromatic rings. The number of thiazole rings is 1. The minimum absolute atomic E-state index is 0.206. The van der Waals surface area contributed by atoms with Crippen LogP contribution in [-0.4, -0.2) is 11.5 Å². The van der Waals surface area contributed by atoms with E-state index in [1.165, 1.54) is 37.8 Å². The third-order valence-corrected chi connectivity index (χ3v) is 5.55. The van der Waals surface area contributed by atoms with Gasteiger partial charge in [0.15, 0.2) is 0 Å². The maximum atomic E-state index is 12.9. The molecule has 1 aromatic heterocycles. The summed E-state index contributed by atoms with van der Waals surface area (Å²) in [5, 5.41) is 6.60.